The highest BCUT2D eigenvalue weighted by molar-refractivity contribution is 6.28. The fourth-order valence-corrected chi connectivity index (χ4v) is 2.68. The molecule has 3 aromatic rings. The van der Waals surface area contributed by atoms with E-state index in [0.717, 1.165) is 18.8 Å². The number of aromatic nitrogens is 3. The van der Waals surface area contributed by atoms with Crippen LogP contribution < -0.4 is 10.6 Å². The van der Waals surface area contributed by atoms with E-state index in [9.17, 15) is 0 Å². The van der Waals surface area contributed by atoms with Crippen molar-refractivity contribution in [2.75, 3.05) is 36.9 Å². The second kappa shape index (κ2) is 5.19. The minimum atomic E-state index is 0.302. The third-order valence-electron chi connectivity index (χ3n) is 3.62. The van der Waals surface area contributed by atoms with E-state index < -0.39 is 0 Å². The van der Waals surface area contributed by atoms with Gasteiger partial charge in [-0.3, -0.25) is 0 Å². The maximum Gasteiger partial charge on any atom is 0.218 e. The Kier molecular flexibility index (Phi) is 3.16. The summed E-state index contributed by atoms with van der Waals surface area (Å²) < 4.78 is 12.3. The van der Waals surface area contributed by atoms with E-state index in [0.29, 0.717) is 41.5 Å². The smallest absolute Gasteiger partial charge is 0.218 e. The monoisotopic (exact) mass is 319 g/mol. The first-order chi connectivity index (χ1) is 10.7. The number of pyridine rings is 1. The molecule has 7 nitrogen and oxygen atoms in total. The van der Waals surface area contributed by atoms with Crippen molar-refractivity contribution >= 4 is 28.8 Å². The molecular weight excluding hydrogens is 306 g/mol. The first-order valence-corrected chi connectivity index (χ1v) is 7.33. The van der Waals surface area contributed by atoms with Gasteiger partial charge in [-0.25, -0.2) is 4.98 Å². The molecule has 0 saturated carbocycles. The molecule has 0 atom stereocenters. The van der Waals surface area contributed by atoms with Gasteiger partial charge in [0.15, 0.2) is 16.6 Å². The van der Waals surface area contributed by atoms with Crippen molar-refractivity contribution in [2.24, 2.45) is 0 Å². The third-order valence-corrected chi connectivity index (χ3v) is 3.82. The summed E-state index contributed by atoms with van der Waals surface area (Å²) in [7, 11) is 0. The maximum atomic E-state index is 6.11. The number of morpholine rings is 1. The predicted molar refractivity (Wildman–Crippen MR) is 83.1 cm³/mol. The van der Waals surface area contributed by atoms with Gasteiger partial charge in [0.2, 0.25) is 5.82 Å². The lowest BCUT2D eigenvalue weighted by Gasteiger charge is -2.28. The van der Waals surface area contributed by atoms with Crippen LogP contribution in [0.15, 0.2) is 28.7 Å². The standard InChI is InChI=1S/C14H14ClN5O2/c15-11-2-1-10(22-11)14-17-13-8-9(7-12(16)20(13)18-14)19-3-5-21-6-4-19/h1-2,7-8H,3-6,16H2. The van der Waals surface area contributed by atoms with Crippen LogP contribution in [0, 0.1) is 0 Å². The number of anilines is 2. The van der Waals surface area contributed by atoms with Gasteiger partial charge < -0.3 is 19.8 Å². The zero-order chi connectivity index (χ0) is 15.1. The first-order valence-electron chi connectivity index (χ1n) is 6.95. The van der Waals surface area contributed by atoms with E-state index in [1.165, 1.54) is 0 Å². The average Bonchev–Trinajstić information content (AvgIpc) is 3.14. The summed E-state index contributed by atoms with van der Waals surface area (Å²) in [5.74, 6) is 1.49. The summed E-state index contributed by atoms with van der Waals surface area (Å²) in [5, 5.41) is 4.67. The van der Waals surface area contributed by atoms with Crippen LogP contribution in [0.3, 0.4) is 0 Å². The second-order valence-electron chi connectivity index (χ2n) is 5.05. The van der Waals surface area contributed by atoms with E-state index in [1.807, 2.05) is 12.1 Å². The molecule has 22 heavy (non-hydrogen) atoms. The lowest BCUT2D eigenvalue weighted by atomic mass is 10.3. The molecule has 0 amide bonds. The van der Waals surface area contributed by atoms with Crippen LogP contribution >= 0.6 is 11.6 Å². The number of furan rings is 1. The molecule has 0 radical (unpaired) electrons. The molecule has 1 aliphatic heterocycles. The number of ether oxygens (including phenoxy) is 1. The van der Waals surface area contributed by atoms with Gasteiger partial charge in [0.25, 0.3) is 0 Å². The molecular formula is C14H14ClN5O2. The SMILES string of the molecule is Nc1cc(N2CCOCC2)cc2nc(-c3ccc(Cl)o3)nn12. The number of nitrogens with zero attached hydrogens (tertiary/aromatic N) is 4. The molecule has 0 aromatic carbocycles. The molecule has 114 valence electrons. The Morgan fingerprint density at radius 3 is 2.73 bits per heavy atom. The quantitative estimate of drug-likeness (QED) is 0.778. The molecule has 0 spiro atoms. The van der Waals surface area contributed by atoms with Crippen molar-refractivity contribution in [2.45, 2.75) is 0 Å². The lowest BCUT2D eigenvalue weighted by Crippen LogP contribution is -2.36. The zero-order valence-corrected chi connectivity index (χ0v) is 12.5. The third kappa shape index (κ3) is 2.28. The van der Waals surface area contributed by atoms with Crippen LogP contribution in [-0.2, 0) is 4.74 Å². The van der Waals surface area contributed by atoms with Gasteiger partial charge in [-0.15, -0.1) is 5.10 Å². The lowest BCUT2D eigenvalue weighted by molar-refractivity contribution is 0.122. The second-order valence-corrected chi connectivity index (χ2v) is 5.42. The van der Waals surface area contributed by atoms with E-state index in [4.69, 9.17) is 26.5 Å². The topological polar surface area (TPSA) is 81.8 Å². The highest BCUT2D eigenvalue weighted by atomic mass is 35.5. The van der Waals surface area contributed by atoms with E-state index in [2.05, 4.69) is 15.0 Å². The summed E-state index contributed by atoms with van der Waals surface area (Å²) in [5.41, 5.74) is 7.79. The van der Waals surface area contributed by atoms with Gasteiger partial charge in [0, 0.05) is 30.9 Å². The number of nitrogen functional groups attached to an aromatic ring is 1. The summed E-state index contributed by atoms with van der Waals surface area (Å²) in [6.45, 7) is 3.11. The van der Waals surface area contributed by atoms with E-state index in [-0.39, 0.29) is 0 Å². The minimum absolute atomic E-state index is 0.302. The number of halogens is 1. The Bertz CT molecular complexity index is 822. The van der Waals surface area contributed by atoms with Crippen molar-refractivity contribution < 1.29 is 9.15 Å². The normalized spacial score (nSPS) is 15.6. The largest absolute Gasteiger partial charge is 0.441 e. The molecule has 8 heteroatoms. The fraction of sp³-hybridized carbons (Fsp3) is 0.286. The summed E-state index contributed by atoms with van der Waals surface area (Å²) in [4.78, 5) is 6.69. The fourth-order valence-electron chi connectivity index (χ4n) is 2.54. The van der Waals surface area contributed by atoms with Crippen molar-refractivity contribution in [1.29, 1.82) is 0 Å². The number of hydrogen-bond donors (Lipinski definition) is 1. The molecule has 0 unspecified atom stereocenters. The van der Waals surface area contributed by atoms with Crippen LogP contribution in [-0.4, -0.2) is 40.9 Å². The molecule has 0 bridgehead atoms. The van der Waals surface area contributed by atoms with Crippen LogP contribution in [0.4, 0.5) is 11.5 Å². The van der Waals surface area contributed by atoms with Crippen LogP contribution in [0.2, 0.25) is 5.22 Å². The molecule has 1 aliphatic rings. The Morgan fingerprint density at radius 1 is 1.18 bits per heavy atom. The van der Waals surface area contributed by atoms with Crippen molar-refractivity contribution in [3.05, 3.63) is 29.5 Å². The molecule has 1 fully saturated rings. The highest BCUT2D eigenvalue weighted by Gasteiger charge is 2.16. The zero-order valence-electron chi connectivity index (χ0n) is 11.7. The Labute approximate surface area is 131 Å². The van der Waals surface area contributed by atoms with Gasteiger partial charge >= 0.3 is 0 Å². The van der Waals surface area contributed by atoms with Crippen molar-refractivity contribution in [3.63, 3.8) is 0 Å². The number of hydrogen-bond acceptors (Lipinski definition) is 6. The molecule has 4 heterocycles. The summed E-state index contributed by atoms with van der Waals surface area (Å²) >= 11 is 5.79. The predicted octanol–water partition coefficient (Wildman–Crippen LogP) is 2.06. The van der Waals surface area contributed by atoms with Gasteiger partial charge in [-0.05, 0) is 23.7 Å². The average molecular weight is 320 g/mol. The van der Waals surface area contributed by atoms with Gasteiger partial charge in [0.1, 0.15) is 5.82 Å². The van der Waals surface area contributed by atoms with Crippen LogP contribution in [0.25, 0.3) is 17.2 Å². The van der Waals surface area contributed by atoms with Gasteiger partial charge in [-0.2, -0.15) is 4.52 Å². The first kappa shape index (κ1) is 13.4. The number of fused-ring (bicyclic) bond motifs is 1. The van der Waals surface area contributed by atoms with Crippen molar-refractivity contribution in [3.8, 4) is 11.6 Å². The van der Waals surface area contributed by atoms with Gasteiger partial charge in [0.05, 0.1) is 13.2 Å². The Morgan fingerprint density at radius 2 is 2.00 bits per heavy atom. The Balaban J connectivity index is 1.77. The molecule has 1 saturated heterocycles. The van der Waals surface area contributed by atoms with Gasteiger partial charge in [-0.1, -0.05) is 0 Å². The van der Waals surface area contributed by atoms with Crippen molar-refractivity contribution in [1.82, 2.24) is 14.6 Å². The highest BCUT2D eigenvalue weighted by Crippen LogP contribution is 2.26. The minimum Gasteiger partial charge on any atom is -0.441 e. The van der Waals surface area contributed by atoms with Crippen LogP contribution in [0.1, 0.15) is 0 Å². The van der Waals surface area contributed by atoms with E-state index in [1.54, 1.807) is 16.6 Å². The number of nitrogens with two attached hydrogens (primary N) is 1. The molecule has 0 aliphatic carbocycles. The summed E-state index contributed by atoms with van der Waals surface area (Å²) in [6.07, 6.45) is 0. The molecule has 2 N–H and O–H groups in total. The molecule has 3 aromatic heterocycles. The maximum absolute atomic E-state index is 6.11. The Hall–Kier alpha value is -2.25. The summed E-state index contributed by atoms with van der Waals surface area (Å²) in [6, 6.07) is 7.25. The van der Waals surface area contributed by atoms with Crippen LogP contribution in [0.5, 0.6) is 0 Å². The molecule has 4 rings (SSSR count). The number of rotatable bonds is 2. The van der Waals surface area contributed by atoms with E-state index >= 15 is 0 Å².